The molecule has 0 bridgehead atoms. The lowest BCUT2D eigenvalue weighted by atomic mass is 10.0. The van der Waals surface area contributed by atoms with Gasteiger partial charge >= 0.3 is 11.8 Å². The summed E-state index contributed by atoms with van der Waals surface area (Å²) < 4.78 is 0. The number of nitrogens with zero attached hydrogens (tertiary/aromatic N) is 1. The van der Waals surface area contributed by atoms with Crippen LogP contribution in [0.2, 0.25) is 0 Å². The Kier molecular flexibility index (Phi) is 1.95. The molecule has 0 radical (unpaired) electrons. The molecule has 0 aromatic heterocycles. The summed E-state index contributed by atoms with van der Waals surface area (Å²) in [6.07, 6.45) is 1.79. The third-order valence-corrected chi connectivity index (χ3v) is 2.73. The lowest BCUT2D eigenvalue weighted by Gasteiger charge is -2.35. The highest BCUT2D eigenvalue weighted by atomic mass is 16.3. The number of carbonyl (C=O) groups excluding carboxylic acids is 2. The number of nitrogens with one attached hydrogen (secondary N) is 1. The van der Waals surface area contributed by atoms with Gasteiger partial charge in [0.15, 0.2) is 0 Å². The molecule has 2 heterocycles. The molecule has 2 fully saturated rings. The summed E-state index contributed by atoms with van der Waals surface area (Å²) in [5, 5.41) is 11.5. The molecular weight excluding hydrogens is 172 g/mol. The van der Waals surface area contributed by atoms with Crippen LogP contribution < -0.4 is 5.32 Å². The first-order valence-electron chi connectivity index (χ1n) is 4.46. The number of hydrogen-bond donors (Lipinski definition) is 2. The highest BCUT2D eigenvalue weighted by Crippen LogP contribution is 2.23. The summed E-state index contributed by atoms with van der Waals surface area (Å²) in [5.41, 5.74) is 0. The van der Waals surface area contributed by atoms with Gasteiger partial charge in [0.25, 0.3) is 0 Å². The molecule has 0 spiro atoms. The summed E-state index contributed by atoms with van der Waals surface area (Å²) in [5.74, 6) is -1.04. The first-order chi connectivity index (χ1) is 6.24. The van der Waals surface area contributed by atoms with Gasteiger partial charge in [0.2, 0.25) is 0 Å². The van der Waals surface area contributed by atoms with Gasteiger partial charge in [-0.2, -0.15) is 0 Å². The highest BCUT2D eigenvalue weighted by Gasteiger charge is 2.42. The van der Waals surface area contributed by atoms with Crippen molar-refractivity contribution in [3.05, 3.63) is 0 Å². The molecule has 72 valence electrons. The van der Waals surface area contributed by atoms with Crippen molar-refractivity contribution in [3.8, 4) is 0 Å². The largest absolute Gasteiger partial charge is 0.394 e. The molecule has 2 N–H and O–H groups in total. The number of piperazine rings is 1. The van der Waals surface area contributed by atoms with Gasteiger partial charge in [0.1, 0.15) is 0 Å². The average molecular weight is 184 g/mol. The van der Waals surface area contributed by atoms with E-state index in [0.717, 1.165) is 12.8 Å². The fourth-order valence-corrected chi connectivity index (χ4v) is 2.09. The van der Waals surface area contributed by atoms with Crippen molar-refractivity contribution in [1.82, 2.24) is 10.2 Å². The molecule has 2 aliphatic rings. The molecular formula is C8H12N2O3. The van der Waals surface area contributed by atoms with Crippen LogP contribution in [0.5, 0.6) is 0 Å². The SMILES string of the molecule is O=C1NC(CO)C2CCCN2C1=O. The maximum Gasteiger partial charge on any atom is 0.312 e. The second kappa shape index (κ2) is 2.99. The predicted molar refractivity (Wildman–Crippen MR) is 43.8 cm³/mol. The van der Waals surface area contributed by atoms with E-state index in [1.54, 1.807) is 4.90 Å². The molecule has 5 nitrogen and oxygen atoms in total. The Morgan fingerprint density at radius 3 is 3.00 bits per heavy atom. The Morgan fingerprint density at radius 2 is 2.31 bits per heavy atom. The fourth-order valence-electron chi connectivity index (χ4n) is 2.09. The first kappa shape index (κ1) is 8.50. The van der Waals surface area contributed by atoms with Gasteiger partial charge in [-0.1, -0.05) is 0 Å². The van der Waals surface area contributed by atoms with E-state index in [9.17, 15) is 9.59 Å². The highest BCUT2D eigenvalue weighted by molar-refractivity contribution is 6.35. The van der Waals surface area contributed by atoms with Crippen molar-refractivity contribution in [2.24, 2.45) is 0 Å². The Bertz CT molecular complexity index is 254. The quantitative estimate of drug-likeness (QED) is 0.486. The van der Waals surface area contributed by atoms with E-state index in [2.05, 4.69) is 5.32 Å². The van der Waals surface area contributed by atoms with Crippen LogP contribution in [0.4, 0.5) is 0 Å². The monoisotopic (exact) mass is 184 g/mol. The van der Waals surface area contributed by atoms with Crippen molar-refractivity contribution in [1.29, 1.82) is 0 Å². The second-order valence-corrected chi connectivity index (χ2v) is 3.47. The molecule has 0 aromatic rings. The van der Waals surface area contributed by atoms with E-state index in [1.807, 2.05) is 0 Å². The number of hydrogen-bond acceptors (Lipinski definition) is 3. The topological polar surface area (TPSA) is 69.6 Å². The predicted octanol–water partition coefficient (Wildman–Crippen LogP) is -1.53. The lowest BCUT2D eigenvalue weighted by molar-refractivity contribution is -0.151. The van der Waals surface area contributed by atoms with E-state index in [1.165, 1.54) is 0 Å². The molecule has 0 aliphatic carbocycles. The minimum absolute atomic E-state index is 0.00944. The van der Waals surface area contributed by atoms with E-state index in [-0.39, 0.29) is 18.7 Å². The Balaban J connectivity index is 2.20. The van der Waals surface area contributed by atoms with Crippen LogP contribution in [-0.4, -0.2) is 47.1 Å². The van der Waals surface area contributed by atoms with Crippen LogP contribution >= 0.6 is 0 Å². The smallest absolute Gasteiger partial charge is 0.312 e. The fraction of sp³-hybridized carbons (Fsp3) is 0.750. The number of aliphatic hydroxyl groups excluding tert-OH is 1. The van der Waals surface area contributed by atoms with Gasteiger partial charge in [-0.15, -0.1) is 0 Å². The van der Waals surface area contributed by atoms with E-state index >= 15 is 0 Å². The molecule has 0 aromatic carbocycles. The van der Waals surface area contributed by atoms with Gasteiger partial charge in [-0.25, -0.2) is 0 Å². The maximum atomic E-state index is 11.3. The van der Waals surface area contributed by atoms with Gasteiger partial charge in [-0.05, 0) is 12.8 Å². The Hall–Kier alpha value is -1.10. The second-order valence-electron chi connectivity index (χ2n) is 3.47. The zero-order valence-electron chi connectivity index (χ0n) is 7.19. The lowest BCUT2D eigenvalue weighted by Crippen LogP contribution is -2.62. The summed E-state index contributed by atoms with van der Waals surface area (Å²) in [6.45, 7) is 0.549. The summed E-state index contributed by atoms with van der Waals surface area (Å²) >= 11 is 0. The third-order valence-electron chi connectivity index (χ3n) is 2.73. The van der Waals surface area contributed by atoms with Crippen molar-refractivity contribution in [3.63, 3.8) is 0 Å². The number of aliphatic hydroxyl groups is 1. The number of carbonyl (C=O) groups is 2. The molecule has 2 amide bonds. The van der Waals surface area contributed by atoms with Crippen LogP contribution in [-0.2, 0) is 9.59 Å². The Morgan fingerprint density at radius 1 is 1.54 bits per heavy atom. The molecule has 5 heteroatoms. The van der Waals surface area contributed by atoms with Gasteiger partial charge in [0, 0.05) is 6.54 Å². The molecule has 2 rings (SSSR count). The molecule has 2 saturated heterocycles. The molecule has 2 aliphatic heterocycles. The minimum Gasteiger partial charge on any atom is -0.394 e. The molecule has 2 atom stereocenters. The molecule has 0 saturated carbocycles. The third kappa shape index (κ3) is 1.19. The first-order valence-corrected chi connectivity index (χ1v) is 4.46. The van der Waals surface area contributed by atoms with Crippen LogP contribution in [0.15, 0.2) is 0 Å². The van der Waals surface area contributed by atoms with Crippen molar-refractivity contribution >= 4 is 11.8 Å². The molecule has 13 heavy (non-hydrogen) atoms. The van der Waals surface area contributed by atoms with Gasteiger partial charge in [0.05, 0.1) is 18.7 Å². The van der Waals surface area contributed by atoms with Crippen molar-refractivity contribution in [2.75, 3.05) is 13.2 Å². The summed E-state index contributed by atoms with van der Waals surface area (Å²) in [4.78, 5) is 24.0. The summed E-state index contributed by atoms with van der Waals surface area (Å²) in [7, 11) is 0. The van der Waals surface area contributed by atoms with Gasteiger partial charge in [-0.3, -0.25) is 9.59 Å². The minimum atomic E-state index is -0.586. The number of rotatable bonds is 1. The van der Waals surface area contributed by atoms with E-state index in [0.29, 0.717) is 6.54 Å². The Labute approximate surface area is 75.7 Å². The zero-order valence-corrected chi connectivity index (χ0v) is 7.19. The maximum absolute atomic E-state index is 11.3. The van der Waals surface area contributed by atoms with Crippen LogP contribution in [0, 0.1) is 0 Å². The van der Waals surface area contributed by atoms with Crippen LogP contribution in [0.1, 0.15) is 12.8 Å². The van der Waals surface area contributed by atoms with Crippen molar-refractivity contribution in [2.45, 2.75) is 24.9 Å². The van der Waals surface area contributed by atoms with Crippen LogP contribution in [0.3, 0.4) is 0 Å². The van der Waals surface area contributed by atoms with E-state index < -0.39 is 11.8 Å². The van der Waals surface area contributed by atoms with Crippen LogP contribution in [0.25, 0.3) is 0 Å². The van der Waals surface area contributed by atoms with Gasteiger partial charge < -0.3 is 15.3 Å². The van der Waals surface area contributed by atoms with E-state index in [4.69, 9.17) is 5.11 Å². The number of fused-ring (bicyclic) bond motifs is 1. The number of amides is 2. The standard InChI is InChI=1S/C8H12N2O3/c11-4-5-6-2-1-3-10(6)8(13)7(12)9-5/h5-6,11H,1-4H2,(H,9,12). The summed E-state index contributed by atoms with van der Waals surface area (Å²) in [6, 6.07) is -0.261. The van der Waals surface area contributed by atoms with Crippen molar-refractivity contribution < 1.29 is 14.7 Å². The normalized spacial score (nSPS) is 33.2. The molecule has 2 unspecified atom stereocenters. The average Bonchev–Trinajstić information content (AvgIpc) is 2.60. The zero-order chi connectivity index (χ0) is 9.42.